The second kappa shape index (κ2) is 8.12. The van der Waals surface area contributed by atoms with Gasteiger partial charge < -0.3 is 14.4 Å². The van der Waals surface area contributed by atoms with E-state index in [1.54, 1.807) is 28.8 Å². The van der Waals surface area contributed by atoms with Gasteiger partial charge in [0.15, 0.2) is 11.2 Å². The van der Waals surface area contributed by atoms with Crippen molar-refractivity contribution in [3.63, 3.8) is 0 Å². The zero-order valence-corrected chi connectivity index (χ0v) is 16.2. The smallest absolute Gasteiger partial charge is 0.200 e. The van der Waals surface area contributed by atoms with Crippen LogP contribution in [-0.4, -0.2) is 29.2 Å². The zero-order valence-electron chi connectivity index (χ0n) is 15.5. The van der Waals surface area contributed by atoms with Gasteiger partial charge in [-0.2, -0.15) is 0 Å². The Morgan fingerprint density at radius 3 is 2.68 bits per heavy atom. The molecule has 28 heavy (non-hydrogen) atoms. The Bertz CT molecular complexity index is 1120. The molecule has 1 heterocycles. The summed E-state index contributed by atoms with van der Waals surface area (Å²) < 4.78 is 21.4. The summed E-state index contributed by atoms with van der Waals surface area (Å²) in [5.41, 5.74) is 1.10. The van der Waals surface area contributed by atoms with E-state index in [0.717, 1.165) is 0 Å². The molecule has 2 aromatic carbocycles. The summed E-state index contributed by atoms with van der Waals surface area (Å²) in [4.78, 5) is 24.7. The summed E-state index contributed by atoms with van der Waals surface area (Å²) in [5.74, 6) is -0.424. The minimum Gasteiger partial charge on any atom is -0.496 e. The number of hydrogen-bond acceptors (Lipinski definition) is 4. The van der Waals surface area contributed by atoms with E-state index in [0.29, 0.717) is 27.8 Å². The molecular formula is C21H19ClFNO4. The number of nitrogens with zero attached hydrogens (tertiary/aromatic N) is 1. The van der Waals surface area contributed by atoms with Crippen LogP contribution >= 0.6 is 11.6 Å². The van der Waals surface area contributed by atoms with E-state index in [9.17, 15) is 19.1 Å². The second-order valence-corrected chi connectivity index (χ2v) is 6.82. The molecule has 0 amide bonds. The number of halogens is 2. The summed E-state index contributed by atoms with van der Waals surface area (Å²) in [6.07, 6.45) is 1.61. The molecule has 0 fully saturated rings. The van der Waals surface area contributed by atoms with Crippen LogP contribution in [0.5, 0.6) is 5.75 Å². The third-order valence-electron chi connectivity index (χ3n) is 4.62. The van der Waals surface area contributed by atoms with E-state index in [4.69, 9.17) is 16.3 Å². The van der Waals surface area contributed by atoms with Crippen molar-refractivity contribution < 1.29 is 19.0 Å². The summed E-state index contributed by atoms with van der Waals surface area (Å²) in [6.45, 7) is 1.37. The maximum absolute atomic E-state index is 14.3. The number of aromatic nitrogens is 1. The van der Waals surface area contributed by atoms with Crippen molar-refractivity contribution in [3.05, 3.63) is 74.3 Å². The molecular weight excluding hydrogens is 385 g/mol. The molecule has 0 atom stereocenters. The molecule has 0 aliphatic rings. The lowest BCUT2D eigenvalue weighted by atomic mass is 9.99. The molecule has 1 N–H and O–H groups in total. The second-order valence-electron chi connectivity index (χ2n) is 6.42. The van der Waals surface area contributed by atoms with Gasteiger partial charge in [0, 0.05) is 30.6 Å². The van der Waals surface area contributed by atoms with Crippen LogP contribution < -0.4 is 10.2 Å². The molecule has 7 heteroatoms. The fourth-order valence-electron chi connectivity index (χ4n) is 3.22. The lowest BCUT2D eigenvalue weighted by Gasteiger charge is -2.16. The maximum atomic E-state index is 14.3. The van der Waals surface area contributed by atoms with E-state index < -0.39 is 11.2 Å². The van der Waals surface area contributed by atoms with Gasteiger partial charge in [-0.15, -0.1) is 0 Å². The number of carbonyl (C=O) groups excluding carboxylic acids is 1. The molecule has 0 unspecified atom stereocenters. The fraction of sp³-hybridized carbons (Fsp3) is 0.238. The summed E-state index contributed by atoms with van der Waals surface area (Å²) in [5, 5.41) is 9.66. The van der Waals surface area contributed by atoms with E-state index >= 15 is 0 Å². The van der Waals surface area contributed by atoms with Gasteiger partial charge in [0.25, 0.3) is 0 Å². The first-order valence-electron chi connectivity index (χ1n) is 8.66. The number of pyridine rings is 1. The first-order valence-corrected chi connectivity index (χ1v) is 9.04. The van der Waals surface area contributed by atoms with Crippen LogP contribution in [0.25, 0.3) is 10.9 Å². The van der Waals surface area contributed by atoms with Crippen LogP contribution in [-0.2, 0) is 13.0 Å². The lowest BCUT2D eigenvalue weighted by molar-refractivity contribution is 0.101. The van der Waals surface area contributed by atoms with Gasteiger partial charge in [0.2, 0.25) is 0 Å². The van der Waals surface area contributed by atoms with Crippen LogP contribution in [0.15, 0.2) is 41.3 Å². The maximum Gasteiger partial charge on any atom is 0.200 e. The summed E-state index contributed by atoms with van der Waals surface area (Å²) in [7, 11) is 1.48. The number of ketones is 1. The third kappa shape index (κ3) is 3.66. The van der Waals surface area contributed by atoms with Crippen molar-refractivity contribution in [2.24, 2.45) is 0 Å². The molecule has 5 nitrogen and oxygen atoms in total. The van der Waals surface area contributed by atoms with Crippen LogP contribution in [0, 0.1) is 5.82 Å². The molecule has 0 aliphatic heterocycles. The number of hydrogen-bond donors (Lipinski definition) is 1. The Morgan fingerprint density at radius 1 is 1.29 bits per heavy atom. The Balaban J connectivity index is 2.26. The van der Waals surface area contributed by atoms with E-state index in [-0.39, 0.29) is 35.9 Å². The van der Waals surface area contributed by atoms with Gasteiger partial charge in [0.1, 0.15) is 11.6 Å². The molecule has 0 radical (unpaired) electrons. The third-order valence-corrected chi connectivity index (χ3v) is 4.91. The van der Waals surface area contributed by atoms with E-state index in [2.05, 4.69) is 0 Å². The lowest BCUT2D eigenvalue weighted by Crippen LogP contribution is -2.19. The number of fused-ring (bicyclic) bond motifs is 1. The molecule has 0 saturated heterocycles. The van der Waals surface area contributed by atoms with Crippen LogP contribution in [0.2, 0.25) is 5.02 Å². The standard InChI is InChI=1S/C21H19ClFNO4/c1-12(26)16-11-24(6-7-25)18-10-19(28-2)14(9-15(18)21(16)27)8-13-4-3-5-17(22)20(13)23/h3-5,9-11,25H,6-8H2,1-2H3. The number of rotatable bonds is 6. The minimum absolute atomic E-state index is 0.0152. The molecule has 0 bridgehead atoms. The highest BCUT2D eigenvalue weighted by Gasteiger charge is 2.17. The Hall–Kier alpha value is -2.70. The first kappa shape index (κ1) is 20.0. The average molecular weight is 404 g/mol. The Kier molecular flexibility index (Phi) is 5.82. The first-order chi connectivity index (χ1) is 13.4. The van der Waals surface area contributed by atoms with E-state index in [1.807, 2.05) is 0 Å². The van der Waals surface area contributed by atoms with Crippen molar-refractivity contribution in [1.29, 1.82) is 0 Å². The highest BCUT2D eigenvalue weighted by Crippen LogP contribution is 2.29. The molecule has 0 spiro atoms. The highest BCUT2D eigenvalue weighted by molar-refractivity contribution is 6.30. The minimum atomic E-state index is -0.526. The molecule has 0 aliphatic carbocycles. The quantitative estimate of drug-likeness (QED) is 0.639. The van der Waals surface area contributed by atoms with Crippen LogP contribution in [0.4, 0.5) is 4.39 Å². The largest absolute Gasteiger partial charge is 0.496 e. The topological polar surface area (TPSA) is 68.5 Å². The molecule has 146 valence electrons. The van der Waals surface area contributed by atoms with Gasteiger partial charge in [0.05, 0.1) is 29.8 Å². The van der Waals surface area contributed by atoms with Crippen molar-refractivity contribution >= 4 is 28.3 Å². The number of methoxy groups -OCH3 is 1. The van der Waals surface area contributed by atoms with Crippen molar-refractivity contribution in [1.82, 2.24) is 4.57 Å². The molecule has 1 aromatic heterocycles. The normalized spacial score (nSPS) is 11.0. The van der Waals surface area contributed by atoms with Gasteiger partial charge >= 0.3 is 0 Å². The van der Waals surface area contributed by atoms with Crippen molar-refractivity contribution in [2.75, 3.05) is 13.7 Å². The summed E-state index contributed by atoms with van der Waals surface area (Å²) in [6, 6.07) is 7.99. The van der Waals surface area contributed by atoms with Crippen LogP contribution in [0.3, 0.4) is 0 Å². The van der Waals surface area contributed by atoms with Gasteiger partial charge in [-0.25, -0.2) is 4.39 Å². The van der Waals surface area contributed by atoms with Crippen molar-refractivity contribution in [2.45, 2.75) is 19.9 Å². The monoisotopic (exact) mass is 403 g/mol. The molecule has 3 aromatic rings. The van der Waals surface area contributed by atoms with E-state index in [1.165, 1.54) is 26.3 Å². The zero-order chi connectivity index (χ0) is 20.4. The Morgan fingerprint density at radius 2 is 2.04 bits per heavy atom. The number of aliphatic hydroxyl groups excluding tert-OH is 1. The number of carbonyl (C=O) groups is 1. The van der Waals surface area contributed by atoms with Crippen molar-refractivity contribution in [3.8, 4) is 5.75 Å². The predicted molar refractivity (Wildman–Crippen MR) is 106 cm³/mol. The van der Waals surface area contributed by atoms with Gasteiger partial charge in [-0.1, -0.05) is 23.7 Å². The number of benzene rings is 2. The number of aliphatic hydroxyl groups is 1. The number of Topliss-reactive ketones (excluding diaryl/α,β-unsaturated/α-hetero) is 1. The average Bonchev–Trinajstić information content (AvgIpc) is 2.67. The Labute approximate surface area is 165 Å². The fourth-order valence-corrected chi connectivity index (χ4v) is 3.42. The summed E-state index contributed by atoms with van der Waals surface area (Å²) >= 11 is 5.86. The SMILES string of the molecule is COc1cc2c(cc1Cc1cccc(Cl)c1F)c(=O)c(C(C)=O)cn2CCO. The predicted octanol–water partition coefficient (Wildman–Crippen LogP) is 3.59. The highest BCUT2D eigenvalue weighted by atomic mass is 35.5. The molecule has 3 rings (SSSR count). The van der Waals surface area contributed by atoms with Crippen LogP contribution in [0.1, 0.15) is 28.4 Å². The molecule has 0 saturated carbocycles. The van der Waals surface area contributed by atoms with Gasteiger partial charge in [-0.3, -0.25) is 9.59 Å². The number of ether oxygens (including phenoxy) is 1. The van der Waals surface area contributed by atoms with Gasteiger partial charge in [-0.05, 0) is 30.2 Å².